The van der Waals surface area contributed by atoms with E-state index in [0.29, 0.717) is 30.9 Å². The first-order chi connectivity index (χ1) is 14.6. The van der Waals surface area contributed by atoms with Gasteiger partial charge in [0.15, 0.2) is 0 Å². The van der Waals surface area contributed by atoms with E-state index in [1.54, 1.807) is 18.3 Å². The minimum Gasteiger partial charge on any atom is -0.488 e. The zero-order valence-electron chi connectivity index (χ0n) is 17.0. The van der Waals surface area contributed by atoms with Crippen LogP contribution in [0.2, 0.25) is 0 Å². The number of benzene rings is 2. The molecule has 0 saturated heterocycles. The number of nitrogens with one attached hydrogen (secondary N) is 1. The van der Waals surface area contributed by atoms with E-state index in [-0.39, 0.29) is 5.91 Å². The van der Waals surface area contributed by atoms with Gasteiger partial charge in [0.25, 0.3) is 5.91 Å². The summed E-state index contributed by atoms with van der Waals surface area (Å²) in [6.45, 7) is 4.52. The van der Waals surface area contributed by atoms with Gasteiger partial charge >= 0.3 is 0 Å². The van der Waals surface area contributed by atoms with Gasteiger partial charge < -0.3 is 14.6 Å². The van der Waals surface area contributed by atoms with Crippen LogP contribution in [0.1, 0.15) is 32.9 Å². The van der Waals surface area contributed by atoms with E-state index >= 15 is 0 Å². The second-order valence-corrected chi connectivity index (χ2v) is 7.09. The van der Waals surface area contributed by atoms with Crippen LogP contribution in [0.15, 0.2) is 65.3 Å². The van der Waals surface area contributed by atoms with E-state index in [1.165, 1.54) is 0 Å². The molecule has 0 aliphatic rings. The molecular formula is C24H23N3O3. The lowest BCUT2D eigenvalue weighted by Gasteiger charge is -2.12. The molecule has 0 bridgehead atoms. The van der Waals surface area contributed by atoms with Gasteiger partial charge in [-0.3, -0.25) is 9.78 Å². The molecule has 2 aromatic carbocycles. The van der Waals surface area contributed by atoms with Gasteiger partial charge in [-0.05, 0) is 44.0 Å². The Morgan fingerprint density at radius 3 is 2.73 bits per heavy atom. The topological polar surface area (TPSA) is 77.2 Å². The van der Waals surface area contributed by atoms with Crippen molar-refractivity contribution < 1.29 is 14.1 Å². The van der Waals surface area contributed by atoms with Crippen molar-refractivity contribution in [3.8, 4) is 5.75 Å². The summed E-state index contributed by atoms with van der Waals surface area (Å²) >= 11 is 0. The number of rotatable bonds is 7. The minimum atomic E-state index is -0.169. The molecule has 1 amide bonds. The SMILES string of the molecule is Cc1noc(C)c1COc1ccccc1C(=O)NCCc1cccc2cccnc12. The van der Waals surface area contributed by atoms with Gasteiger partial charge in [-0.1, -0.05) is 41.6 Å². The summed E-state index contributed by atoms with van der Waals surface area (Å²) in [6.07, 6.45) is 2.49. The van der Waals surface area contributed by atoms with Crippen molar-refractivity contribution in [2.45, 2.75) is 26.9 Å². The van der Waals surface area contributed by atoms with Crippen molar-refractivity contribution in [3.05, 3.63) is 88.9 Å². The smallest absolute Gasteiger partial charge is 0.255 e. The van der Waals surface area contributed by atoms with E-state index in [0.717, 1.165) is 33.5 Å². The monoisotopic (exact) mass is 401 g/mol. The highest BCUT2D eigenvalue weighted by molar-refractivity contribution is 5.96. The number of ether oxygens (including phenoxy) is 1. The summed E-state index contributed by atoms with van der Waals surface area (Å²) in [7, 11) is 0. The van der Waals surface area contributed by atoms with Crippen LogP contribution in [0.4, 0.5) is 0 Å². The first kappa shape index (κ1) is 19.6. The Morgan fingerprint density at radius 1 is 1.07 bits per heavy atom. The lowest BCUT2D eigenvalue weighted by molar-refractivity contribution is 0.0949. The van der Waals surface area contributed by atoms with Gasteiger partial charge in [-0.25, -0.2) is 0 Å². The number of para-hydroxylation sites is 2. The fraction of sp³-hybridized carbons (Fsp3) is 0.208. The maximum absolute atomic E-state index is 12.8. The van der Waals surface area contributed by atoms with Crippen LogP contribution in [-0.2, 0) is 13.0 Å². The number of fused-ring (bicyclic) bond motifs is 1. The van der Waals surface area contributed by atoms with Crippen molar-refractivity contribution in [1.82, 2.24) is 15.5 Å². The van der Waals surface area contributed by atoms with Gasteiger partial charge in [-0.15, -0.1) is 0 Å². The molecule has 152 valence electrons. The van der Waals surface area contributed by atoms with Crippen LogP contribution < -0.4 is 10.1 Å². The molecule has 0 radical (unpaired) electrons. The summed E-state index contributed by atoms with van der Waals surface area (Å²) in [4.78, 5) is 17.2. The van der Waals surface area contributed by atoms with Crippen molar-refractivity contribution in [2.24, 2.45) is 0 Å². The molecule has 0 aliphatic carbocycles. The highest BCUT2D eigenvalue weighted by Crippen LogP contribution is 2.22. The molecule has 4 aromatic rings. The molecule has 0 spiro atoms. The highest BCUT2D eigenvalue weighted by Gasteiger charge is 2.15. The lowest BCUT2D eigenvalue weighted by Crippen LogP contribution is -2.26. The molecule has 2 aromatic heterocycles. The second kappa shape index (κ2) is 8.78. The number of aromatic nitrogens is 2. The van der Waals surface area contributed by atoms with E-state index in [4.69, 9.17) is 9.26 Å². The van der Waals surface area contributed by atoms with Crippen LogP contribution in [0.25, 0.3) is 10.9 Å². The third-order valence-corrected chi connectivity index (χ3v) is 5.08. The summed E-state index contributed by atoms with van der Waals surface area (Å²) in [5.41, 5.74) is 4.26. The molecule has 0 saturated carbocycles. The first-order valence-electron chi connectivity index (χ1n) is 9.88. The largest absolute Gasteiger partial charge is 0.488 e. The van der Waals surface area contributed by atoms with E-state index in [2.05, 4.69) is 15.5 Å². The third-order valence-electron chi connectivity index (χ3n) is 5.08. The van der Waals surface area contributed by atoms with Gasteiger partial charge in [0.1, 0.15) is 18.1 Å². The Kier molecular flexibility index (Phi) is 5.75. The molecule has 6 nitrogen and oxygen atoms in total. The Morgan fingerprint density at radius 2 is 1.90 bits per heavy atom. The minimum absolute atomic E-state index is 0.169. The van der Waals surface area contributed by atoms with Gasteiger partial charge in [0.05, 0.1) is 22.3 Å². The van der Waals surface area contributed by atoms with Crippen LogP contribution >= 0.6 is 0 Å². The average molecular weight is 401 g/mol. The Hall–Kier alpha value is -3.67. The molecular weight excluding hydrogens is 378 g/mol. The molecule has 30 heavy (non-hydrogen) atoms. The quantitative estimate of drug-likeness (QED) is 0.497. The Balaban J connectivity index is 1.41. The summed E-state index contributed by atoms with van der Waals surface area (Å²) in [5, 5.41) is 8.03. The van der Waals surface area contributed by atoms with E-state index in [9.17, 15) is 4.79 Å². The standard InChI is InChI=1S/C24H23N3O3/c1-16-21(17(2)30-27-16)15-29-22-11-4-3-10-20(22)24(28)26-14-12-19-8-5-7-18-9-6-13-25-23(18)19/h3-11,13H,12,14-15H2,1-2H3,(H,26,28). The van der Waals surface area contributed by atoms with Gasteiger partial charge in [0.2, 0.25) is 0 Å². The predicted octanol–water partition coefficient (Wildman–Crippen LogP) is 4.39. The van der Waals surface area contributed by atoms with Crippen LogP contribution in [0.5, 0.6) is 5.75 Å². The van der Waals surface area contributed by atoms with Crippen LogP contribution in [-0.4, -0.2) is 22.6 Å². The number of aryl methyl sites for hydroxylation is 2. The summed E-state index contributed by atoms with van der Waals surface area (Å²) in [5.74, 6) is 1.08. The first-order valence-corrected chi connectivity index (χ1v) is 9.88. The molecule has 0 aliphatic heterocycles. The average Bonchev–Trinajstić information content (AvgIpc) is 3.10. The lowest BCUT2D eigenvalue weighted by atomic mass is 10.1. The molecule has 0 fully saturated rings. The van der Waals surface area contributed by atoms with Crippen molar-refractivity contribution in [3.63, 3.8) is 0 Å². The summed E-state index contributed by atoms with van der Waals surface area (Å²) < 4.78 is 11.1. The third kappa shape index (κ3) is 4.17. The van der Waals surface area contributed by atoms with Crippen molar-refractivity contribution in [2.75, 3.05) is 6.54 Å². The fourth-order valence-corrected chi connectivity index (χ4v) is 3.41. The number of nitrogens with zero attached hydrogens (tertiary/aromatic N) is 2. The number of hydrogen-bond acceptors (Lipinski definition) is 5. The number of carbonyl (C=O) groups is 1. The van der Waals surface area contributed by atoms with Crippen LogP contribution in [0, 0.1) is 13.8 Å². The number of pyridine rings is 1. The normalized spacial score (nSPS) is 10.9. The molecule has 4 rings (SSSR count). The van der Waals surface area contributed by atoms with Crippen molar-refractivity contribution >= 4 is 16.8 Å². The van der Waals surface area contributed by atoms with Crippen molar-refractivity contribution in [1.29, 1.82) is 0 Å². The Bertz CT molecular complexity index is 1160. The van der Waals surface area contributed by atoms with E-state index in [1.807, 2.05) is 56.3 Å². The van der Waals surface area contributed by atoms with E-state index < -0.39 is 0 Å². The molecule has 1 N–H and O–H groups in total. The van der Waals surface area contributed by atoms with Gasteiger partial charge in [-0.2, -0.15) is 0 Å². The molecule has 0 unspecified atom stereocenters. The zero-order chi connectivity index (χ0) is 20.9. The summed E-state index contributed by atoms with van der Waals surface area (Å²) in [6, 6.07) is 17.3. The van der Waals surface area contributed by atoms with Gasteiger partial charge in [0, 0.05) is 18.1 Å². The maximum atomic E-state index is 12.8. The number of hydrogen-bond donors (Lipinski definition) is 1. The number of amides is 1. The molecule has 6 heteroatoms. The fourth-order valence-electron chi connectivity index (χ4n) is 3.41. The molecule has 2 heterocycles. The predicted molar refractivity (Wildman–Crippen MR) is 115 cm³/mol. The highest BCUT2D eigenvalue weighted by atomic mass is 16.5. The Labute approximate surface area is 174 Å². The second-order valence-electron chi connectivity index (χ2n) is 7.09. The van der Waals surface area contributed by atoms with Crippen LogP contribution in [0.3, 0.4) is 0 Å². The number of carbonyl (C=O) groups excluding carboxylic acids is 1. The zero-order valence-corrected chi connectivity index (χ0v) is 17.0. The maximum Gasteiger partial charge on any atom is 0.255 e. The molecule has 0 atom stereocenters.